The highest BCUT2D eigenvalue weighted by molar-refractivity contribution is 5.63. The first kappa shape index (κ1) is 18.1. The zero-order chi connectivity index (χ0) is 19.7. The zero-order valence-corrected chi connectivity index (χ0v) is 15.8. The maximum Gasteiger partial charge on any atom is 0.288 e. The lowest BCUT2D eigenvalue weighted by Gasteiger charge is -2.21. The molecule has 1 aliphatic carbocycles. The van der Waals surface area contributed by atoms with Crippen LogP contribution in [0.25, 0.3) is 5.69 Å². The number of nitrogens with zero attached hydrogens (tertiary/aromatic N) is 4. The van der Waals surface area contributed by atoms with Crippen molar-refractivity contribution in [3.05, 3.63) is 34.4 Å². The van der Waals surface area contributed by atoms with Gasteiger partial charge in [-0.3, -0.25) is 9.36 Å². The van der Waals surface area contributed by atoms with Gasteiger partial charge in [0.1, 0.15) is 23.0 Å². The van der Waals surface area contributed by atoms with Gasteiger partial charge in [-0.25, -0.2) is 5.01 Å². The van der Waals surface area contributed by atoms with E-state index in [-0.39, 0.29) is 18.3 Å². The molecule has 1 aliphatic heterocycles. The van der Waals surface area contributed by atoms with E-state index in [0.717, 1.165) is 6.42 Å². The van der Waals surface area contributed by atoms with Crippen LogP contribution in [0.5, 0.6) is 17.4 Å². The Balaban J connectivity index is 1.94. The Labute approximate surface area is 161 Å². The number of hydrogen-bond donors (Lipinski definition) is 1. The van der Waals surface area contributed by atoms with Gasteiger partial charge in [-0.1, -0.05) is 18.9 Å². The summed E-state index contributed by atoms with van der Waals surface area (Å²) in [4.78, 5) is 17.8. The van der Waals surface area contributed by atoms with Gasteiger partial charge in [-0.2, -0.15) is 4.98 Å². The Morgan fingerprint density at radius 3 is 2.50 bits per heavy atom. The normalized spacial score (nSPS) is 15.6. The summed E-state index contributed by atoms with van der Waals surface area (Å²) in [5, 5.41) is 15.7. The van der Waals surface area contributed by atoms with Gasteiger partial charge in [0.2, 0.25) is 5.88 Å². The molecule has 4 rings (SSSR count). The highest BCUT2D eigenvalue weighted by Crippen LogP contribution is 2.36. The molecule has 1 saturated carbocycles. The summed E-state index contributed by atoms with van der Waals surface area (Å²) in [5.74, 6) is 1.65. The van der Waals surface area contributed by atoms with E-state index in [1.54, 1.807) is 18.2 Å². The van der Waals surface area contributed by atoms with Gasteiger partial charge in [0, 0.05) is 6.42 Å². The molecule has 9 heteroatoms. The van der Waals surface area contributed by atoms with E-state index in [9.17, 15) is 9.90 Å². The molecule has 148 valence electrons. The first-order chi connectivity index (χ1) is 13.6. The summed E-state index contributed by atoms with van der Waals surface area (Å²) in [6.45, 7) is 0.0228. The number of aromatic nitrogens is 2. The van der Waals surface area contributed by atoms with Gasteiger partial charge < -0.3 is 19.3 Å². The smallest absolute Gasteiger partial charge is 0.288 e. The summed E-state index contributed by atoms with van der Waals surface area (Å²) >= 11 is 0. The summed E-state index contributed by atoms with van der Waals surface area (Å²) < 4.78 is 17.5. The molecule has 0 amide bonds. The van der Waals surface area contributed by atoms with Crippen LogP contribution in [0.15, 0.2) is 28.1 Å². The number of aryl methyl sites for hydroxylation is 1. The van der Waals surface area contributed by atoms with Crippen molar-refractivity contribution in [3.63, 3.8) is 0 Å². The van der Waals surface area contributed by atoms with E-state index in [1.807, 2.05) is 0 Å². The van der Waals surface area contributed by atoms with Crippen molar-refractivity contribution in [1.82, 2.24) is 9.55 Å². The van der Waals surface area contributed by atoms with Crippen LogP contribution in [-0.2, 0) is 11.2 Å². The number of benzene rings is 1. The second kappa shape index (κ2) is 7.41. The van der Waals surface area contributed by atoms with Crippen LogP contribution in [0.2, 0.25) is 0 Å². The standard InChI is InChI=1S/C19H22N4O5/c1-26-13-4-3-5-14(27-2)16(13)23-15(9-8-12-6-7-12)21-18(24)17(19(23)25)22-11-28-10-20-22/h3-5,10,12,24H,6-9,11H2,1-2H3. The highest BCUT2D eigenvalue weighted by Gasteiger charge is 2.28. The van der Waals surface area contributed by atoms with Crippen LogP contribution in [0.4, 0.5) is 5.69 Å². The van der Waals surface area contributed by atoms with Gasteiger partial charge in [0.25, 0.3) is 5.56 Å². The van der Waals surface area contributed by atoms with Crippen molar-refractivity contribution in [3.8, 4) is 23.1 Å². The molecule has 1 aromatic heterocycles. The molecule has 0 atom stereocenters. The van der Waals surface area contributed by atoms with Crippen molar-refractivity contribution < 1.29 is 19.3 Å². The fraction of sp³-hybridized carbons (Fsp3) is 0.421. The number of rotatable bonds is 7. The van der Waals surface area contributed by atoms with Crippen LogP contribution in [0.3, 0.4) is 0 Å². The SMILES string of the molecule is COc1cccc(OC)c1-n1c(CCC2CC2)nc(O)c(N2COC=N2)c1=O. The molecule has 0 bridgehead atoms. The van der Waals surface area contributed by atoms with E-state index in [2.05, 4.69) is 10.1 Å². The molecule has 1 fully saturated rings. The fourth-order valence-corrected chi connectivity index (χ4v) is 3.31. The van der Waals surface area contributed by atoms with Crippen molar-refractivity contribution in [2.75, 3.05) is 26.0 Å². The Hall–Kier alpha value is -3.23. The minimum absolute atomic E-state index is 0.0228. The molecule has 0 radical (unpaired) electrons. The van der Waals surface area contributed by atoms with Gasteiger partial charge >= 0.3 is 0 Å². The number of methoxy groups -OCH3 is 2. The number of aromatic hydroxyl groups is 1. The Bertz CT molecular complexity index is 945. The zero-order valence-electron chi connectivity index (χ0n) is 15.8. The van der Waals surface area contributed by atoms with E-state index in [0.29, 0.717) is 35.3 Å². The molecular weight excluding hydrogens is 364 g/mol. The summed E-state index contributed by atoms with van der Waals surface area (Å²) in [6.07, 6.45) is 5.04. The third-order valence-electron chi connectivity index (χ3n) is 4.93. The minimum atomic E-state index is -0.469. The topological polar surface area (TPSA) is 98.4 Å². The molecule has 9 nitrogen and oxygen atoms in total. The molecule has 2 heterocycles. The van der Waals surface area contributed by atoms with E-state index < -0.39 is 5.56 Å². The Morgan fingerprint density at radius 2 is 1.93 bits per heavy atom. The summed E-state index contributed by atoms with van der Waals surface area (Å²) in [7, 11) is 3.06. The lowest BCUT2D eigenvalue weighted by Crippen LogP contribution is -2.31. The van der Waals surface area contributed by atoms with Crippen molar-refractivity contribution in [1.29, 1.82) is 0 Å². The lowest BCUT2D eigenvalue weighted by atomic mass is 10.2. The highest BCUT2D eigenvalue weighted by atomic mass is 16.5. The molecule has 1 N–H and O–H groups in total. The number of para-hydroxylation sites is 1. The molecule has 1 aromatic carbocycles. The van der Waals surface area contributed by atoms with Gasteiger partial charge in [0.05, 0.1) is 14.2 Å². The number of hydrazone groups is 1. The minimum Gasteiger partial charge on any atom is -0.494 e. The molecule has 0 saturated heterocycles. The third-order valence-corrected chi connectivity index (χ3v) is 4.93. The Morgan fingerprint density at radius 1 is 1.21 bits per heavy atom. The van der Waals surface area contributed by atoms with E-state index >= 15 is 0 Å². The number of anilines is 1. The fourth-order valence-electron chi connectivity index (χ4n) is 3.31. The molecule has 0 spiro atoms. The van der Waals surface area contributed by atoms with Crippen LogP contribution >= 0.6 is 0 Å². The van der Waals surface area contributed by atoms with E-state index in [4.69, 9.17) is 14.2 Å². The van der Waals surface area contributed by atoms with Crippen molar-refractivity contribution in [2.45, 2.75) is 25.7 Å². The van der Waals surface area contributed by atoms with Crippen LogP contribution < -0.4 is 20.0 Å². The summed E-state index contributed by atoms with van der Waals surface area (Å²) in [5.41, 5.74) is -0.0817. The average Bonchev–Trinajstić information content (AvgIpc) is 3.38. The van der Waals surface area contributed by atoms with E-state index in [1.165, 1.54) is 43.0 Å². The molecular formula is C19H22N4O5. The second-order valence-corrected chi connectivity index (χ2v) is 6.75. The first-order valence-electron chi connectivity index (χ1n) is 9.12. The number of ether oxygens (including phenoxy) is 3. The van der Waals surface area contributed by atoms with Gasteiger partial charge in [-0.15, -0.1) is 5.10 Å². The van der Waals surface area contributed by atoms with Crippen molar-refractivity contribution in [2.24, 2.45) is 11.0 Å². The molecule has 2 aliphatic rings. The maximum absolute atomic E-state index is 13.5. The Kier molecular flexibility index (Phi) is 4.81. The van der Waals surface area contributed by atoms with Crippen LogP contribution in [0, 0.1) is 5.92 Å². The monoisotopic (exact) mass is 386 g/mol. The third kappa shape index (κ3) is 3.23. The molecule has 28 heavy (non-hydrogen) atoms. The van der Waals surface area contributed by atoms with Crippen molar-refractivity contribution >= 4 is 12.1 Å². The van der Waals surface area contributed by atoms with Gasteiger partial charge in [-0.05, 0) is 24.5 Å². The predicted molar refractivity (Wildman–Crippen MR) is 103 cm³/mol. The second-order valence-electron chi connectivity index (χ2n) is 6.75. The van der Waals surface area contributed by atoms with Gasteiger partial charge in [0.15, 0.2) is 18.8 Å². The molecule has 0 unspecified atom stereocenters. The largest absolute Gasteiger partial charge is 0.494 e. The predicted octanol–water partition coefficient (Wildman–Crippen LogP) is 2.04. The number of hydrogen-bond acceptors (Lipinski definition) is 8. The average molecular weight is 386 g/mol. The summed E-state index contributed by atoms with van der Waals surface area (Å²) in [6, 6.07) is 5.28. The van der Waals surface area contributed by atoms with Crippen LogP contribution in [0.1, 0.15) is 25.1 Å². The quantitative estimate of drug-likeness (QED) is 0.777. The van der Waals surface area contributed by atoms with Crippen LogP contribution in [-0.4, -0.2) is 42.0 Å². The lowest BCUT2D eigenvalue weighted by molar-refractivity contribution is 0.346. The maximum atomic E-state index is 13.5. The first-order valence-corrected chi connectivity index (χ1v) is 9.12. The molecule has 2 aromatic rings.